The molecule has 0 aliphatic rings. The van der Waals surface area contributed by atoms with E-state index in [0.717, 1.165) is 5.75 Å². The van der Waals surface area contributed by atoms with Gasteiger partial charge in [0.25, 0.3) is 5.56 Å². The first-order valence-corrected chi connectivity index (χ1v) is 6.24. The van der Waals surface area contributed by atoms with Crippen LogP contribution in [0.5, 0.6) is 5.75 Å². The number of anilines is 1. The van der Waals surface area contributed by atoms with Gasteiger partial charge in [-0.15, -0.1) is 0 Å². The monoisotopic (exact) mass is 279 g/mol. The number of benzene rings is 1. The van der Waals surface area contributed by atoms with E-state index < -0.39 is 0 Å². The van der Waals surface area contributed by atoms with Crippen LogP contribution >= 0.6 is 11.6 Å². The number of aryl methyl sites for hydroxylation is 1. The highest BCUT2D eigenvalue weighted by atomic mass is 35.5. The molecule has 2 aromatic rings. The van der Waals surface area contributed by atoms with Gasteiger partial charge in [0.1, 0.15) is 11.4 Å². The second-order valence-electron chi connectivity index (χ2n) is 3.96. The van der Waals surface area contributed by atoms with Gasteiger partial charge in [0, 0.05) is 6.54 Å². The molecule has 0 bridgehead atoms. The molecule has 19 heavy (non-hydrogen) atoms. The quantitative estimate of drug-likeness (QED) is 0.671. The van der Waals surface area contributed by atoms with E-state index in [2.05, 4.69) is 4.98 Å². The summed E-state index contributed by atoms with van der Waals surface area (Å²) >= 11 is 5.65. The molecule has 0 unspecified atom stereocenters. The lowest BCUT2D eigenvalue weighted by Crippen LogP contribution is -2.24. The minimum atomic E-state index is -0.320. The van der Waals surface area contributed by atoms with Crippen molar-refractivity contribution >= 4 is 17.3 Å². The molecule has 0 saturated carbocycles. The number of nitrogen functional groups attached to an aromatic ring is 1. The van der Waals surface area contributed by atoms with Crippen molar-refractivity contribution in [3.8, 4) is 5.75 Å². The lowest BCUT2D eigenvalue weighted by molar-refractivity contribution is 0.300. The topological polar surface area (TPSA) is 70.1 Å². The molecule has 6 heteroatoms. The third-order valence-electron chi connectivity index (χ3n) is 2.58. The van der Waals surface area contributed by atoms with Crippen LogP contribution in [-0.4, -0.2) is 16.2 Å². The minimum Gasteiger partial charge on any atom is -0.494 e. The summed E-state index contributed by atoms with van der Waals surface area (Å²) in [5.41, 5.74) is 5.18. The molecule has 2 N–H and O–H groups in total. The summed E-state index contributed by atoms with van der Waals surface area (Å²) in [5, 5.41) is 0.0433. The summed E-state index contributed by atoms with van der Waals surface area (Å²) in [6, 6.07) is 9.50. The highest BCUT2D eigenvalue weighted by Crippen LogP contribution is 2.09. The van der Waals surface area contributed by atoms with E-state index >= 15 is 0 Å². The molecule has 5 nitrogen and oxygen atoms in total. The second kappa shape index (κ2) is 6.24. The zero-order valence-corrected chi connectivity index (χ0v) is 11.0. The zero-order chi connectivity index (χ0) is 13.7. The Labute approximate surface area is 115 Å². The Morgan fingerprint density at radius 2 is 2.05 bits per heavy atom. The number of halogens is 1. The third-order valence-corrected chi connectivity index (χ3v) is 2.88. The summed E-state index contributed by atoms with van der Waals surface area (Å²) in [5.74, 6) is 0.809. The molecule has 0 spiro atoms. The smallest absolute Gasteiger partial charge is 0.278 e. The number of para-hydroxylation sites is 1. The highest BCUT2D eigenvalue weighted by Gasteiger charge is 2.05. The van der Waals surface area contributed by atoms with Gasteiger partial charge < -0.3 is 10.5 Å². The van der Waals surface area contributed by atoms with Crippen LogP contribution in [-0.2, 0) is 6.54 Å². The lowest BCUT2D eigenvalue weighted by Gasteiger charge is -2.08. The Morgan fingerprint density at radius 3 is 2.79 bits per heavy atom. The normalized spacial score (nSPS) is 10.4. The van der Waals surface area contributed by atoms with Gasteiger partial charge in [-0.05, 0) is 18.6 Å². The molecule has 1 aromatic carbocycles. The lowest BCUT2D eigenvalue weighted by atomic mass is 10.3. The first-order chi connectivity index (χ1) is 9.18. The van der Waals surface area contributed by atoms with Crippen LogP contribution in [0.15, 0.2) is 41.5 Å². The molecule has 0 aliphatic carbocycles. The average molecular weight is 280 g/mol. The molecule has 0 aliphatic heterocycles. The molecule has 100 valence electrons. The minimum absolute atomic E-state index is 0.0202. The number of nitrogens with two attached hydrogens (primary N) is 1. The first kappa shape index (κ1) is 13.4. The van der Waals surface area contributed by atoms with Crippen LogP contribution in [0, 0.1) is 0 Å². The van der Waals surface area contributed by atoms with Crippen LogP contribution in [0.4, 0.5) is 5.69 Å². The fourth-order valence-electron chi connectivity index (χ4n) is 1.59. The predicted molar refractivity (Wildman–Crippen MR) is 74.5 cm³/mol. The molecule has 0 amide bonds. The van der Waals surface area contributed by atoms with Crippen molar-refractivity contribution in [1.29, 1.82) is 0 Å². The van der Waals surface area contributed by atoms with Crippen molar-refractivity contribution in [3.05, 3.63) is 52.2 Å². The Bertz CT molecular complexity index is 599. The maximum Gasteiger partial charge on any atom is 0.278 e. The largest absolute Gasteiger partial charge is 0.494 e. The number of aromatic nitrogens is 2. The van der Waals surface area contributed by atoms with E-state index in [1.54, 1.807) is 0 Å². The molecule has 2 rings (SSSR count). The maximum absolute atomic E-state index is 11.7. The van der Waals surface area contributed by atoms with Gasteiger partial charge in [-0.1, -0.05) is 29.8 Å². The molecule has 1 aromatic heterocycles. The fourth-order valence-corrected chi connectivity index (χ4v) is 1.71. The summed E-state index contributed by atoms with van der Waals surface area (Å²) in [6.45, 7) is 0.999. The summed E-state index contributed by atoms with van der Waals surface area (Å²) < 4.78 is 6.95. The summed E-state index contributed by atoms with van der Waals surface area (Å²) in [6.07, 6.45) is 2.07. The number of ether oxygens (including phenoxy) is 1. The van der Waals surface area contributed by atoms with Gasteiger partial charge >= 0.3 is 0 Å². The Kier molecular flexibility index (Phi) is 4.41. The number of hydrogen-bond donors (Lipinski definition) is 1. The van der Waals surface area contributed by atoms with Crippen molar-refractivity contribution in [1.82, 2.24) is 9.55 Å². The van der Waals surface area contributed by atoms with E-state index in [4.69, 9.17) is 22.1 Å². The van der Waals surface area contributed by atoms with Gasteiger partial charge in [-0.2, -0.15) is 0 Å². The number of rotatable bonds is 5. The van der Waals surface area contributed by atoms with E-state index in [1.807, 2.05) is 30.3 Å². The average Bonchev–Trinajstić information content (AvgIpc) is 2.44. The summed E-state index contributed by atoms with van der Waals surface area (Å²) in [4.78, 5) is 15.6. The first-order valence-electron chi connectivity index (χ1n) is 5.87. The molecule has 0 radical (unpaired) electrons. The maximum atomic E-state index is 11.7. The van der Waals surface area contributed by atoms with E-state index in [1.165, 1.54) is 10.9 Å². The van der Waals surface area contributed by atoms with Crippen molar-refractivity contribution in [2.24, 2.45) is 0 Å². The van der Waals surface area contributed by atoms with Gasteiger partial charge in [-0.3, -0.25) is 9.36 Å². The molecule has 1 heterocycles. The molecular formula is C13H14ClN3O2. The fraction of sp³-hybridized carbons (Fsp3) is 0.231. The van der Waals surface area contributed by atoms with E-state index in [0.29, 0.717) is 19.6 Å². The highest BCUT2D eigenvalue weighted by molar-refractivity contribution is 6.31. The molecule has 0 saturated heterocycles. The Hall–Kier alpha value is -2.01. The van der Waals surface area contributed by atoms with E-state index in [-0.39, 0.29) is 16.4 Å². The zero-order valence-electron chi connectivity index (χ0n) is 10.3. The van der Waals surface area contributed by atoms with E-state index in [9.17, 15) is 4.79 Å². The molecule has 0 atom stereocenters. The number of hydrogen-bond acceptors (Lipinski definition) is 4. The van der Waals surface area contributed by atoms with Crippen LogP contribution in [0.3, 0.4) is 0 Å². The predicted octanol–water partition coefficient (Wildman–Crippen LogP) is 1.95. The summed E-state index contributed by atoms with van der Waals surface area (Å²) in [7, 11) is 0. The second-order valence-corrected chi connectivity index (χ2v) is 4.32. The SMILES string of the molecule is Nc1c(Cl)ncn(CCCOc2ccccc2)c1=O. The molecular weight excluding hydrogens is 266 g/mol. The third kappa shape index (κ3) is 3.48. The Balaban J connectivity index is 1.87. The van der Waals surface area contributed by atoms with Crippen LogP contribution in [0.25, 0.3) is 0 Å². The van der Waals surface area contributed by atoms with Gasteiger partial charge in [-0.25, -0.2) is 4.98 Å². The van der Waals surface area contributed by atoms with Gasteiger partial charge in [0.05, 0.1) is 12.9 Å². The number of nitrogens with zero attached hydrogens (tertiary/aromatic N) is 2. The standard InChI is InChI=1S/C13H14ClN3O2/c14-12-11(15)13(18)17(9-16-12)7-4-8-19-10-5-2-1-3-6-10/h1-3,5-6,9H,4,7-8,15H2. The van der Waals surface area contributed by atoms with Crippen LogP contribution in [0.1, 0.15) is 6.42 Å². The van der Waals surface area contributed by atoms with Crippen LogP contribution in [0.2, 0.25) is 5.15 Å². The van der Waals surface area contributed by atoms with Gasteiger partial charge in [0.15, 0.2) is 5.15 Å². The van der Waals surface area contributed by atoms with Crippen molar-refractivity contribution in [2.75, 3.05) is 12.3 Å². The van der Waals surface area contributed by atoms with Crippen molar-refractivity contribution in [3.63, 3.8) is 0 Å². The van der Waals surface area contributed by atoms with Gasteiger partial charge in [0.2, 0.25) is 0 Å². The Morgan fingerprint density at radius 1 is 1.32 bits per heavy atom. The van der Waals surface area contributed by atoms with Crippen molar-refractivity contribution < 1.29 is 4.74 Å². The van der Waals surface area contributed by atoms with Crippen LogP contribution < -0.4 is 16.0 Å². The van der Waals surface area contributed by atoms with Crippen molar-refractivity contribution in [2.45, 2.75) is 13.0 Å². The molecule has 0 fully saturated rings.